The Balaban J connectivity index is 1.90. The van der Waals surface area contributed by atoms with Gasteiger partial charge in [-0.05, 0) is 68.7 Å². The van der Waals surface area contributed by atoms with Crippen LogP contribution in [0.3, 0.4) is 0 Å². The van der Waals surface area contributed by atoms with Crippen molar-refractivity contribution in [3.8, 4) is 0 Å². The summed E-state index contributed by atoms with van der Waals surface area (Å²) in [6.07, 6.45) is 3.44. The maximum absolute atomic E-state index is 14.2. The van der Waals surface area contributed by atoms with Crippen molar-refractivity contribution in [3.63, 3.8) is 0 Å². The molecule has 1 unspecified atom stereocenters. The highest BCUT2D eigenvalue weighted by Gasteiger charge is 2.45. The fourth-order valence-corrected chi connectivity index (χ4v) is 6.03. The van der Waals surface area contributed by atoms with Crippen molar-refractivity contribution in [2.75, 3.05) is 6.54 Å². The van der Waals surface area contributed by atoms with Crippen molar-refractivity contribution in [2.24, 2.45) is 11.7 Å². The molecule has 1 saturated carbocycles. The number of carbonyl (C=O) groups excluding carboxylic acids is 4. The third-order valence-corrected chi connectivity index (χ3v) is 9.28. The molecule has 2 aromatic carbocycles. The lowest BCUT2D eigenvalue weighted by molar-refractivity contribution is -0.139. The SMILES string of the molecule is CCC(CC)(NC(=O)C(C)C)C(=O)N[C@H](CCCNC(=N)N)C(=O)NC1(C(=O)NC(c2ccc(C)cc2)c2ccc(F)cc2)CCCC1. The monoisotopic (exact) mass is 665 g/mol. The molecule has 4 amide bonds. The summed E-state index contributed by atoms with van der Waals surface area (Å²) in [6, 6.07) is 12.0. The van der Waals surface area contributed by atoms with Gasteiger partial charge in [0.15, 0.2) is 5.96 Å². The van der Waals surface area contributed by atoms with E-state index >= 15 is 0 Å². The summed E-state index contributed by atoms with van der Waals surface area (Å²) in [4.78, 5) is 54.8. The Morgan fingerprint density at radius 1 is 0.917 bits per heavy atom. The van der Waals surface area contributed by atoms with Gasteiger partial charge in [-0.1, -0.05) is 82.5 Å². The number of aryl methyl sites for hydroxylation is 1. The van der Waals surface area contributed by atoms with Gasteiger partial charge < -0.3 is 32.3 Å². The second-order valence-electron chi connectivity index (χ2n) is 13.1. The van der Waals surface area contributed by atoms with Crippen LogP contribution in [0.5, 0.6) is 0 Å². The molecule has 0 spiro atoms. The summed E-state index contributed by atoms with van der Waals surface area (Å²) in [5.74, 6) is -2.59. The molecule has 1 fully saturated rings. The fraction of sp³-hybridized carbons (Fsp3) is 0.528. The van der Waals surface area contributed by atoms with Crippen LogP contribution in [-0.4, -0.2) is 53.3 Å². The van der Waals surface area contributed by atoms with E-state index in [1.54, 1.807) is 39.8 Å². The highest BCUT2D eigenvalue weighted by Crippen LogP contribution is 2.32. The zero-order valence-electron chi connectivity index (χ0n) is 28.8. The molecule has 0 aliphatic heterocycles. The Hall–Kier alpha value is -4.48. The van der Waals surface area contributed by atoms with E-state index in [0.29, 0.717) is 44.2 Å². The Kier molecular flexibility index (Phi) is 13.5. The van der Waals surface area contributed by atoms with Gasteiger partial charge in [-0.2, -0.15) is 0 Å². The van der Waals surface area contributed by atoms with Crippen molar-refractivity contribution in [2.45, 2.75) is 109 Å². The average Bonchev–Trinajstić information content (AvgIpc) is 3.54. The summed E-state index contributed by atoms with van der Waals surface area (Å²) < 4.78 is 13.8. The highest BCUT2D eigenvalue weighted by molar-refractivity contribution is 5.97. The summed E-state index contributed by atoms with van der Waals surface area (Å²) in [6.45, 7) is 9.36. The van der Waals surface area contributed by atoms with Crippen molar-refractivity contribution in [3.05, 3.63) is 71.0 Å². The van der Waals surface area contributed by atoms with E-state index in [2.05, 4.69) is 26.6 Å². The molecule has 0 radical (unpaired) electrons. The smallest absolute Gasteiger partial charge is 0.246 e. The van der Waals surface area contributed by atoms with Gasteiger partial charge in [-0.25, -0.2) is 4.39 Å². The minimum absolute atomic E-state index is 0.193. The topological polar surface area (TPSA) is 178 Å². The Bertz CT molecular complexity index is 1370. The van der Waals surface area contributed by atoms with Crippen LogP contribution in [-0.2, 0) is 19.2 Å². The molecule has 8 N–H and O–H groups in total. The molecule has 3 rings (SSSR count). The summed E-state index contributed by atoms with van der Waals surface area (Å²) in [5.41, 5.74) is 5.52. The number of guanidine groups is 1. The Morgan fingerprint density at radius 3 is 2.00 bits per heavy atom. The van der Waals surface area contributed by atoms with Gasteiger partial charge in [0.05, 0.1) is 6.04 Å². The number of nitrogens with two attached hydrogens (primary N) is 1. The number of hydrogen-bond acceptors (Lipinski definition) is 5. The first-order valence-electron chi connectivity index (χ1n) is 16.9. The standard InChI is InChI=1S/C36H52FN7O4/c1-6-35(7-2,43-30(45)23(3)4)32(47)41-28(11-10-22-40-34(38)39)31(46)44-36(20-8-9-21-36)33(48)42-29(25-14-12-24(5)13-15-25)26-16-18-27(37)19-17-26/h12-19,23,28-29H,6-11,20-22H2,1-5H3,(H,41,47)(H,42,48)(H,43,45)(H,44,46)(H4,38,39,40)/t28-,29?/m1/s1. The summed E-state index contributed by atoms with van der Waals surface area (Å²) in [5, 5.41) is 22.1. The number of benzene rings is 2. The minimum atomic E-state index is -1.24. The van der Waals surface area contributed by atoms with Gasteiger partial charge >= 0.3 is 0 Å². The van der Waals surface area contributed by atoms with Crippen molar-refractivity contribution < 1.29 is 23.6 Å². The van der Waals surface area contributed by atoms with Crippen LogP contribution in [0.1, 0.15) is 102 Å². The molecule has 0 aromatic heterocycles. The first-order valence-corrected chi connectivity index (χ1v) is 16.9. The van der Waals surface area contributed by atoms with E-state index in [1.165, 1.54) is 12.1 Å². The van der Waals surface area contributed by atoms with E-state index in [-0.39, 0.29) is 30.1 Å². The lowest BCUT2D eigenvalue weighted by atomic mass is 9.89. The molecule has 11 nitrogen and oxygen atoms in total. The average molecular weight is 666 g/mol. The molecular formula is C36H52FN7O4. The van der Waals surface area contributed by atoms with Crippen LogP contribution in [0.4, 0.5) is 4.39 Å². The molecule has 2 aromatic rings. The van der Waals surface area contributed by atoms with E-state index in [1.807, 2.05) is 31.2 Å². The third-order valence-electron chi connectivity index (χ3n) is 9.28. The van der Waals surface area contributed by atoms with Gasteiger partial charge in [0, 0.05) is 12.5 Å². The van der Waals surface area contributed by atoms with E-state index < -0.39 is 40.8 Å². The maximum atomic E-state index is 14.2. The summed E-state index contributed by atoms with van der Waals surface area (Å²) in [7, 11) is 0. The fourth-order valence-electron chi connectivity index (χ4n) is 6.03. The second kappa shape index (κ2) is 17.1. The minimum Gasteiger partial charge on any atom is -0.370 e. The predicted octanol–water partition coefficient (Wildman–Crippen LogP) is 3.85. The van der Waals surface area contributed by atoms with Crippen LogP contribution < -0.4 is 32.3 Å². The molecule has 0 heterocycles. The highest BCUT2D eigenvalue weighted by atomic mass is 19.1. The molecule has 2 atom stereocenters. The van der Waals surface area contributed by atoms with E-state index in [0.717, 1.165) is 24.0 Å². The van der Waals surface area contributed by atoms with Crippen molar-refractivity contribution >= 4 is 29.6 Å². The van der Waals surface area contributed by atoms with Gasteiger partial charge in [0.2, 0.25) is 23.6 Å². The molecule has 48 heavy (non-hydrogen) atoms. The lowest BCUT2D eigenvalue weighted by Crippen LogP contribution is -2.64. The van der Waals surface area contributed by atoms with Gasteiger partial charge in [-0.15, -0.1) is 0 Å². The Labute approximate surface area is 283 Å². The van der Waals surface area contributed by atoms with Crippen LogP contribution in [0.2, 0.25) is 0 Å². The molecule has 0 bridgehead atoms. The summed E-state index contributed by atoms with van der Waals surface area (Å²) >= 11 is 0. The van der Waals surface area contributed by atoms with Crippen LogP contribution in [0.15, 0.2) is 48.5 Å². The molecule has 262 valence electrons. The lowest BCUT2D eigenvalue weighted by Gasteiger charge is -2.36. The third kappa shape index (κ3) is 9.77. The number of carbonyl (C=O) groups is 4. The maximum Gasteiger partial charge on any atom is 0.246 e. The number of amides is 4. The van der Waals surface area contributed by atoms with Crippen molar-refractivity contribution in [1.29, 1.82) is 5.41 Å². The second-order valence-corrected chi connectivity index (χ2v) is 13.1. The van der Waals surface area contributed by atoms with Crippen LogP contribution in [0, 0.1) is 24.1 Å². The molecule has 1 aliphatic carbocycles. The number of rotatable bonds is 16. The van der Waals surface area contributed by atoms with Gasteiger partial charge in [0.1, 0.15) is 22.9 Å². The number of nitrogens with one attached hydrogen (secondary N) is 6. The van der Waals surface area contributed by atoms with Crippen molar-refractivity contribution in [1.82, 2.24) is 26.6 Å². The predicted molar refractivity (Wildman–Crippen MR) is 184 cm³/mol. The first kappa shape index (κ1) is 38.0. The van der Waals surface area contributed by atoms with Gasteiger partial charge in [0.25, 0.3) is 0 Å². The Morgan fingerprint density at radius 2 is 1.48 bits per heavy atom. The van der Waals surface area contributed by atoms with Crippen LogP contribution >= 0.6 is 0 Å². The van der Waals surface area contributed by atoms with Gasteiger partial charge in [-0.3, -0.25) is 24.6 Å². The molecule has 12 heteroatoms. The quantitative estimate of drug-likeness (QED) is 0.0814. The first-order chi connectivity index (χ1) is 22.8. The largest absolute Gasteiger partial charge is 0.370 e. The normalized spacial score (nSPS) is 15.2. The zero-order valence-corrected chi connectivity index (χ0v) is 28.8. The molecular weight excluding hydrogens is 613 g/mol. The zero-order chi connectivity index (χ0) is 35.5. The molecule has 0 saturated heterocycles. The van der Waals surface area contributed by atoms with Crippen LogP contribution in [0.25, 0.3) is 0 Å². The van der Waals surface area contributed by atoms with E-state index in [4.69, 9.17) is 11.1 Å². The van der Waals surface area contributed by atoms with E-state index in [9.17, 15) is 23.6 Å². The number of halogens is 1. The number of hydrogen-bond donors (Lipinski definition) is 7. The molecule has 1 aliphatic rings.